The van der Waals surface area contributed by atoms with Crippen molar-refractivity contribution in [3.05, 3.63) is 54.6 Å². The van der Waals surface area contributed by atoms with Crippen LogP contribution in [-0.4, -0.2) is 24.2 Å². The van der Waals surface area contributed by atoms with Gasteiger partial charge in [0.15, 0.2) is 6.61 Å². The number of amides is 1. The number of halogens is 1. The highest BCUT2D eigenvalue weighted by atomic mass is 35.5. The van der Waals surface area contributed by atoms with E-state index in [0.29, 0.717) is 23.0 Å². The molecule has 0 fully saturated rings. The van der Waals surface area contributed by atoms with E-state index in [0.717, 1.165) is 0 Å². The molecule has 0 spiro atoms. The molecule has 0 radical (unpaired) electrons. The Hall–Kier alpha value is -2.53. The summed E-state index contributed by atoms with van der Waals surface area (Å²) in [6.07, 6.45) is 0. The number of alkyl halides is 1. The van der Waals surface area contributed by atoms with Crippen molar-refractivity contribution in [1.82, 2.24) is 0 Å². The molecule has 1 amide bonds. The molecule has 0 atom stereocenters. The predicted octanol–water partition coefficient (Wildman–Crippen LogP) is 2.93. The van der Waals surface area contributed by atoms with Crippen LogP contribution in [0.2, 0.25) is 0 Å². The Morgan fingerprint density at radius 3 is 2.45 bits per heavy atom. The molecule has 3 N–H and O–H groups in total. The van der Waals surface area contributed by atoms with E-state index in [1.807, 2.05) is 18.2 Å². The molecule has 0 unspecified atom stereocenters. The second-order valence-corrected chi connectivity index (χ2v) is 4.70. The van der Waals surface area contributed by atoms with Crippen LogP contribution in [0.1, 0.15) is 0 Å². The SMILES string of the molecule is NC(CCl)=Nc1ccc(NC(=O)COc2ccccc2)cc1. The maximum Gasteiger partial charge on any atom is 0.262 e. The maximum absolute atomic E-state index is 11.8. The fraction of sp³-hybridized carbons (Fsp3) is 0.125. The van der Waals surface area contributed by atoms with Crippen LogP contribution < -0.4 is 15.8 Å². The smallest absolute Gasteiger partial charge is 0.262 e. The van der Waals surface area contributed by atoms with Crippen LogP contribution in [0.25, 0.3) is 0 Å². The summed E-state index contributed by atoms with van der Waals surface area (Å²) in [6.45, 7) is -0.0525. The number of carbonyl (C=O) groups is 1. The van der Waals surface area contributed by atoms with Crippen molar-refractivity contribution in [3.8, 4) is 5.75 Å². The van der Waals surface area contributed by atoms with Gasteiger partial charge in [-0.05, 0) is 36.4 Å². The van der Waals surface area contributed by atoms with Gasteiger partial charge >= 0.3 is 0 Å². The Kier molecular flexibility index (Phi) is 5.80. The van der Waals surface area contributed by atoms with E-state index < -0.39 is 0 Å². The summed E-state index contributed by atoms with van der Waals surface area (Å²) in [5, 5.41) is 2.74. The molecular weight excluding hydrogens is 302 g/mol. The van der Waals surface area contributed by atoms with E-state index in [1.54, 1.807) is 36.4 Å². The molecule has 114 valence electrons. The zero-order valence-electron chi connectivity index (χ0n) is 11.8. The molecule has 0 bridgehead atoms. The molecule has 0 heterocycles. The van der Waals surface area contributed by atoms with Gasteiger partial charge in [0.05, 0.1) is 11.6 Å². The molecule has 6 heteroatoms. The monoisotopic (exact) mass is 317 g/mol. The van der Waals surface area contributed by atoms with Gasteiger partial charge in [0.2, 0.25) is 0 Å². The first-order valence-corrected chi connectivity index (χ1v) is 7.17. The highest BCUT2D eigenvalue weighted by Crippen LogP contribution is 2.16. The maximum atomic E-state index is 11.8. The fourth-order valence-electron chi connectivity index (χ4n) is 1.68. The number of rotatable bonds is 6. The van der Waals surface area contributed by atoms with Crippen LogP contribution in [-0.2, 0) is 4.79 Å². The number of aliphatic imine (C=N–C) groups is 1. The highest BCUT2D eigenvalue weighted by molar-refractivity contribution is 6.28. The molecule has 2 rings (SSSR count). The second-order valence-electron chi connectivity index (χ2n) is 4.43. The van der Waals surface area contributed by atoms with Crippen molar-refractivity contribution in [2.24, 2.45) is 10.7 Å². The molecule has 22 heavy (non-hydrogen) atoms. The third-order valence-corrected chi connectivity index (χ3v) is 2.95. The van der Waals surface area contributed by atoms with Gasteiger partial charge in [-0.15, -0.1) is 11.6 Å². The first kappa shape index (κ1) is 15.9. The van der Waals surface area contributed by atoms with Crippen LogP contribution in [0.5, 0.6) is 5.75 Å². The highest BCUT2D eigenvalue weighted by Gasteiger charge is 2.03. The van der Waals surface area contributed by atoms with Gasteiger partial charge in [-0.3, -0.25) is 4.79 Å². The normalized spacial score (nSPS) is 11.0. The summed E-state index contributed by atoms with van der Waals surface area (Å²) in [5.74, 6) is 0.934. The van der Waals surface area contributed by atoms with Gasteiger partial charge in [0, 0.05) is 5.69 Å². The topological polar surface area (TPSA) is 76.7 Å². The average molecular weight is 318 g/mol. The van der Waals surface area contributed by atoms with Gasteiger partial charge in [0.1, 0.15) is 11.6 Å². The number of ether oxygens (including phenoxy) is 1. The van der Waals surface area contributed by atoms with Crippen LogP contribution in [0.15, 0.2) is 59.6 Å². The van der Waals surface area contributed by atoms with E-state index in [-0.39, 0.29) is 18.4 Å². The molecule has 0 aliphatic heterocycles. The summed E-state index contributed by atoms with van der Waals surface area (Å²) in [5.41, 5.74) is 6.89. The Morgan fingerprint density at radius 1 is 1.14 bits per heavy atom. The molecule has 0 saturated carbocycles. The number of hydrogen-bond acceptors (Lipinski definition) is 3. The molecule has 2 aromatic carbocycles. The summed E-state index contributed by atoms with van der Waals surface area (Å²) in [4.78, 5) is 15.9. The van der Waals surface area contributed by atoms with Crippen LogP contribution >= 0.6 is 11.6 Å². The fourth-order valence-corrected chi connectivity index (χ4v) is 1.74. The van der Waals surface area contributed by atoms with E-state index in [1.165, 1.54) is 0 Å². The van der Waals surface area contributed by atoms with Gasteiger partial charge in [-0.1, -0.05) is 18.2 Å². The van der Waals surface area contributed by atoms with Crippen LogP contribution in [0.4, 0.5) is 11.4 Å². The number of carbonyl (C=O) groups excluding carboxylic acids is 1. The molecule has 0 aromatic heterocycles. The summed E-state index contributed by atoms with van der Waals surface area (Å²) in [6, 6.07) is 16.1. The van der Waals surface area contributed by atoms with Crippen molar-refractivity contribution < 1.29 is 9.53 Å². The second kappa shape index (κ2) is 8.05. The molecule has 2 aromatic rings. The molecule has 0 aliphatic carbocycles. The van der Waals surface area contributed by atoms with Crippen molar-refractivity contribution >= 4 is 34.7 Å². The summed E-state index contributed by atoms with van der Waals surface area (Å²) < 4.78 is 5.37. The molecular formula is C16H16ClN3O2. The van der Waals surface area contributed by atoms with Crippen molar-refractivity contribution in [2.45, 2.75) is 0 Å². The first-order valence-electron chi connectivity index (χ1n) is 6.64. The first-order chi connectivity index (χ1) is 10.7. The minimum atomic E-state index is -0.236. The summed E-state index contributed by atoms with van der Waals surface area (Å²) >= 11 is 5.56. The lowest BCUT2D eigenvalue weighted by atomic mass is 10.3. The van der Waals surface area contributed by atoms with Gasteiger partial charge in [-0.2, -0.15) is 0 Å². The standard InChI is InChI=1S/C16H16ClN3O2/c17-10-15(18)19-12-6-8-13(9-7-12)20-16(21)11-22-14-4-2-1-3-5-14/h1-9H,10-11H2,(H2,18,19)(H,20,21). The summed E-state index contributed by atoms with van der Waals surface area (Å²) in [7, 11) is 0. The lowest BCUT2D eigenvalue weighted by Crippen LogP contribution is -2.20. The Labute approximate surface area is 133 Å². The number of nitrogens with one attached hydrogen (secondary N) is 1. The van der Waals surface area contributed by atoms with Gasteiger partial charge in [0.25, 0.3) is 5.91 Å². The van der Waals surface area contributed by atoms with Crippen molar-refractivity contribution in [3.63, 3.8) is 0 Å². The van der Waals surface area contributed by atoms with E-state index in [4.69, 9.17) is 22.1 Å². The lowest BCUT2D eigenvalue weighted by molar-refractivity contribution is -0.118. The Morgan fingerprint density at radius 2 is 1.82 bits per heavy atom. The Balaban J connectivity index is 1.86. The zero-order valence-corrected chi connectivity index (χ0v) is 12.6. The number of para-hydroxylation sites is 1. The zero-order chi connectivity index (χ0) is 15.8. The minimum absolute atomic E-state index is 0.0525. The van der Waals surface area contributed by atoms with Crippen molar-refractivity contribution in [2.75, 3.05) is 17.8 Å². The molecule has 0 saturated heterocycles. The van der Waals surface area contributed by atoms with Gasteiger partial charge < -0.3 is 15.8 Å². The van der Waals surface area contributed by atoms with Crippen molar-refractivity contribution in [1.29, 1.82) is 0 Å². The third kappa shape index (κ3) is 5.10. The lowest BCUT2D eigenvalue weighted by Gasteiger charge is -2.07. The van der Waals surface area contributed by atoms with E-state index in [2.05, 4.69) is 10.3 Å². The number of hydrogen-bond donors (Lipinski definition) is 2. The molecule has 0 aliphatic rings. The quantitative estimate of drug-likeness (QED) is 0.488. The van der Waals surface area contributed by atoms with E-state index in [9.17, 15) is 4.79 Å². The van der Waals surface area contributed by atoms with Crippen LogP contribution in [0.3, 0.4) is 0 Å². The van der Waals surface area contributed by atoms with E-state index >= 15 is 0 Å². The Bertz CT molecular complexity index is 642. The number of nitrogens with two attached hydrogens (primary N) is 1. The molecule has 5 nitrogen and oxygen atoms in total. The number of benzene rings is 2. The number of amidine groups is 1. The van der Waals surface area contributed by atoms with Crippen LogP contribution in [0, 0.1) is 0 Å². The largest absolute Gasteiger partial charge is 0.484 e. The number of nitrogens with zero attached hydrogens (tertiary/aromatic N) is 1. The van der Waals surface area contributed by atoms with Gasteiger partial charge in [-0.25, -0.2) is 4.99 Å². The third-order valence-electron chi connectivity index (χ3n) is 2.67. The predicted molar refractivity (Wildman–Crippen MR) is 89.0 cm³/mol. The average Bonchev–Trinajstić information content (AvgIpc) is 2.55. The minimum Gasteiger partial charge on any atom is -0.484 e. The number of anilines is 1.